The van der Waals surface area contributed by atoms with E-state index >= 15 is 0 Å². The summed E-state index contributed by atoms with van der Waals surface area (Å²) >= 11 is 11.4. The Hall–Kier alpha value is -0.0200. The van der Waals surface area contributed by atoms with Gasteiger partial charge in [0.05, 0.1) is 6.04 Å². The minimum atomic E-state index is -0.638. The van der Waals surface area contributed by atoms with E-state index in [1.807, 2.05) is 0 Å². The van der Waals surface area contributed by atoms with Crippen molar-refractivity contribution in [1.29, 1.82) is 0 Å². The zero-order chi connectivity index (χ0) is 9.14. The summed E-state index contributed by atoms with van der Waals surface area (Å²) in [5.41, 5.74) is 6.06. The van der Waals surface area contributed by atoms with E-state index in [2.05, 4.69) is 0 Å². The molecule has 5 heteroatoms. The van der Waals surface area contributed by atoms with Gasteiger partial charge in [-0.15, -0.1) is 12.4 Å². The lowest BCUT2D eigenvalue weighted by molar-refractivity contribution is 0.437. The molecule has 0 unspecified atom stereocenters. The summed E-state index contributed by atoms with van der Waals surface area (Å²) < 4.78 is 12.1. The summed E-state index contributed by atoms with van der Waals surface area (Å²) in [7, 11) is 0. The molecule has 2 N–H and O–H groups in total. The highest BCUT2D eigenvalue weighted by Crippen LogP contribution is 2.22. The van der Waals surface area contributed by atoms with E-state index in [0.717, 1.165) is 0 Å². The van der Waals surface area contributed by atoms with Gasteiger partial charge in [0.1, 0.15) is 6.67 Å². The van der Waals surface area contributed by atoms with Gasteiger partial charge in [0.25, 0.3) is 0 Å². The summed E-state index contributed by atoms with van der Waals surface area (Å²) in [4.78, 5) is 0. The largest absolute Gasteiger partial charge is 0.322 e. The van der Waals surface area contributed by atoms with Crippen molar-refractivity contribution < 1.29 is 4.39 Å². The number of halogens is 4. The normalized spacial score (nSPS) is 12.0. The van der Waals surface area contributed by atoms with E-state index < -0.39 is 12.7 Å². The van der Waals surface area contributed by atoms with Gasteiger partial charge in [-0.2, -0.15) is 0 Å². The Labute approximate surface area is 92.4 Å². The van der Waals surface area contributed by atoms with Crippen LogP contribution in [0.2, 0.25) is 10.0 Å². The zero-order valence-electron chi connectivity index (χ0n) is 6.64. The SMILES string of the molecule is Cl.N[C@@H](CF)c1cc(Cl)cc(Cl)c1. The highest BCUT2D eigenvalue weighted by atomic mass is 35.5. The number of alkyl halides is 1. The monoisotopic (exact) mass is 243 g/mol. The molecule has 1 rings (SSSR count). The van der Waals surface area contributed by atoms with Crippen LogP contribution in [0.3, 0.4) is 0 Å². The van der Waals surface area contributed by atoms with Crippen LogP contribution in [-0.4, -0.2) is 6.67 Å². The van der Waals surface area contributed by atoms with Crippen LogP contribution in [0.25, 0.3) is 0 Å². The predicted octanol–water partition coefficient (Wildman–Crippen LogP) is 3.38. The molecule has 0 saturated heterocycles. The van der Waals surface area contributed by atoms with Crippen LogP contribution in [0, 0.1) is 0 Å². The molecule has 0 saturated carbocycles. The van der Waals surface area contributed by atoms with Crippen LogP contribution in [0.15, 0.2) is 18.2 Å². The molecule has 0 aliphatic carbocycles. The third kappa shape index (κ3) is 3.69. The van der Waals surface area contributed by atoms with Crippen molar-refractivity contribution in [2.75, 3.05) is 6.67 Å². The predicted molar refractivity (Wildman–Crippen MR) is 56.6 cm³/mol. The van der Waals surface area contributed by atoms with Gasteiger partial charge in [-0.05, 0) is 23.8 Å². The van der Waals surface area contributed by atoms with Crippen LogP contribution in [0.5, 0.6) is 0 Å². The molecule has 0 spiro atoms. The van der Waals surface area contributed by atoms with Gasteiger partial charge in [0, 0.05) is 10.0 Å². The molecule has 74 valence electrons. The highest BCUT2D eigenvalue weighted by Gasteiger charge is 2.06. The van der Waals surface area contributed by atoms with Gasteiger partial charge in [0.2, 0.25) is 0 Å². The summed E-state index contributed by atoms with van der Waals surface area (Å²) in [6, 6.07) is 4.16. The van der Waals surface area contributed by atoms with Crippen LogP contribution in [0.1, 0.15) is 11.6 Å². The molecule has 1 atom stereocenters. The van der Waals surface area contributed by atoms with Gasteiger partial charge < -0.3 is 5.73 Å². The number of benzene rings is 1. The molecule has 13 heavy (non-hydrogen) atoms. The van der Waals surface area contributed by atoms with Crippen molar-refractivity contribution in [3.63, 3.8) is 0 Å². The Bertz CT molecular complexity index is 260. The molecule has 1 aromatic rings. The van der Waals surface area contributed by atoms with E-state index in [1.165, 1.54) is 0 Å². The maximum absolute atomic E-state index is 12.1. The zero-order valence-corrected chi connectivity index (χ0v) is 8.96. The van der Waals surface area contributed by atoms with Crippen LogP contribution in [0.4, 0.5) is 4.39 Å². The Balaban J connectivity index is 0.00000144. The fraction of sp³-hybridized carbons (Fsp3) is 0.250. The summed E-state index contributed by atoms with van der Waals surface area (Å²) in [5.74, 6) is 0. The molecule has 0 aliphatic heterocycles. The molecule has 1 aromatic carbocycles. The smallest absolute Gasteiger partial charge is 0.109 e. The minimum absolute atomic E-state index is 0. The van der Waals surface area contributed by atoms with Crippen molar-refractivity contribution in [3.05, 3.63) is 33.8 Å². The molecule has 0 aromatic heterocycles. The first-order valence-electron chi connectivity index (χ1n) is 3.41. The molecular formula is C8H9Cl3FN. The van der Waals surface area contributed by atoms with Gasteiger partial charge >= 0.3 is 0 Å². The van der Waals surface area contributed by atoms with Crippen molar-refractivity contribution >= 4 is 35.6 Å². The van der Waals surface area contributed by atoms with E-state index in [4.69, 9.17) is 28.9 Å². The Kier molecular flexibility index (Phi) is 5.65. The third-order valence-electron chi connectivity index (χ3n) is 1.48. The lowest BCUT2D eigenvalue weighted by Gasteiger charge is -2.07. The number of rotatable bonds is 2. The topological polar surface area (TPSA) is 26.0 Å². The third-order valence-corrected chi connectivity index (χ3v) is 1.92. The van der Waals surface area contributed by atoms with E-state index in [-0.39, 0.29) is 12.4 Å². The standard InChI is InChI=1S/C8H8Cl2FN.ClH/c9-6-1-5(8(12)4-11)2-7(10)3-6;/h1-3,8H,4,12H2;1H/t8-;/m0./s1. The second-order valence-corrected chi connectivity index (χ2v) is 3.34. The van der Waals surface area contributed by atoms with Crippen LogP contribution in [-0.2, 0) is 0 Å². The van der Waals surface area contributed by atoms with E-state index in [0.29, 0.717) is 15.6 Å². The van der Waals surface area contributed by atoms with E-state index in [1.54, 1.807) is 18.2 Å². The van der Waals surface area contributed by atoms with Gasteiger partial charge in [0.15, 0.2) is 0 Å². The first-order chi connectivity index (χ1) is 5.63. The van der Waals surface area contributed by atoms with Gasteiger partial charge in [-0.3, -0.25) is 0 Å². The first kappa shape index (κ1) is 13.0. The highest BCUT2D eigenvalue weighted by molar-refractivity contribution is 6.34. The Morgan fingerprint density at radius 3 is 2.08 bits per heavy atom. The first-order valence-corrected chi connectivity index (χ1v) is 4.16. The summed E-state index contributed by atoms with van der Waals surface area (Å²) in [6.45, 7) is -0.614. The molecule has 0 fully saturated rings. The molecular weight excluding hydrogens is 235 g/mol. The molecule has 1 nitrogen and oxygen atoms in total. The Morgan fingerprint density at radius 1 is 1.23 bits per heavy atom. The second kappa shape index (κ2) is 5.66. The van der Waals surface area contributed by atoms with Crippen molar-refractivity contribution in [2.45, 2.75) is 6.04 Å². The molecule has 0 heterocycles. The van der Waals surface area contributed by atoms with Crippen LogP contribution >= 0.6 is 35.6 Å². The van der Waals surface area contributed by atoms with Crippen LogP contribution < -0.4 is 5.73 Å². The summed E-state index contributed by atoms with van der Waals surface area (Å²) in [5, 5.41) is 0.947. The minimum Gasteiger partial charge on any atom is -0.322 e. The van der Waals surface area contributed by atoms with Crippen molar-refractivity contribution in [1.82, 2.24) is 0 Å². The second-order valence-electron chi connectivity index (χ2n) is 2.46. The van der Waals surface area contributed by atoms with E-state index in [9.17, 15) is 4.39 Å². The number of nitrogens with two attached hydrogens (primary N) is 1. The van der Waals surface area contributed by atoms with Gasteiger partial charge in [-0.25, -0.2) is 4.39 Å². The van der Waals surface area contributed by atoms with Crippen molar-refractivity contribution in [3.8, 4) is 0 Å². The van der Waals surface area contributed by atoms with Gasteiger partial charge in [-0.1, -0.05) is 23.2 Å². The molecule has 0 aliphatic rings. The quantitative estimate of drug-likeness (QED) is 0.848. The average Bonchev–Trinajstić information content (AvgIpc) is 2.01. The fourth-order valence-electron chi connectivity index (χ4n) is 0.878. The van der Waals surface area contributed by atoms with Crippen molar-refractivity contribution in [2.24, 2.45) is 5.73 Å². The summed E-state index contributed by atoms with van der Waals surface area (Å²) in [6.07, 6.45) is 0. The number of hydrogen-bond acceptors (Lipinski definition) is 1. The average molecular weight is 245 g/mol. The number of hydrogen-bond donors (Lipinski definition) is 1. The Morgan fingerprint density at radius 2 is 1.69 bits per heavy atom. The molecule has 0 amide bonds. The lowest BCUT2D eigenvalue weighted by Crippen LogP contribution is -2.11. The molecule has 0 radical (unpaired) electrons. The maximum Gasteiger partial charge on any atom is 0.109 e. The lowest BCUT2D eigenvalue weighted by atomic mass is 10.1. The maximum atomic E-state index is 12.1. The molecule has 0 bridgehead atoms. The fourth-order valence-corrected chi connectivity index (χ4v) is 1.42.